The van der Waals surface area contributed by atoms with Gasteiger partial charge in [-0.1, -0.05) is 0 Å². The van der Waals surface area contributed by atoms with Crippen LogP contribution in [0.5, 0.6) is 0 Å². The molecule has 1 saturated heterocycles. The minimum absolute atomic E-state index is 0.0273. The Bertz CT molecular complexity index is 1160. The van der Waals surface area contributed by atoms with Gasteiger partial charge in [0.05, 0.1) is 18.4 Å². The zero-order valence-electron chi connectivity index (χ0n) is 16.2. The summed E-state index contributed by atoms with van der Waals surface area (Å²) < 4.78 is 54.7. The average molecular weight is 434 g/mol. The summed E-state index contributed by atoms with van der Waals surface area (Å²) in [6.07, 6.45) is 2.40. The molecule has 1 N–H and O–H groups in total. The SMILES string of the molecule is O=C(NC1(C(F)(F)F)CC1)c1cnn2ccc(N3CCCC3c3cncc(F)c3)nc12. The van der Waals surface area contributed by atoms with Gasteiger partial charge >= 0.3 is 6.18 Å². The molecule has 1 unspecified atom stereocenters. The third-order valence-corrected chi connectivity index (χ3v) is 5.90. The fourth-order valence-corrected chi connectivity index (χ4v) is 4.07. The van der Waals surface area contributed by atoms with Crippen LogP contribution in [0, 0.1) is 5.82 Å². The molecule has 3 aromatic rings. The predicted octanol–water partition coefficient (Wildman–Crippen LogP) is 3.43. The fourth-order valence-electron chi connectivity index (χ4n) is 4.07. The van der Waals surface area contributed by atoms with Gasteiger partial charge in [0.25, 0.3) is 5.91 Å². The molecule has 0 bridgehead atoms. The maximum Gasteiger partial charge on any atom is 0.411 e. The minimum Gasteiger partial charge on any atom is -0.349 e. The number of carbonyl (C=O) groups is 1. The van der Waals surface area contributed by atoms with Crippen LogP contribution >= 0.6 is 0 Å². The maximum absolute atomic E-state index is 13.7. The van der Waals surface area contributed by atoms with E-state index in [-0.39, 0.29) is 30.1 Å². The Morgan fingerprint density at radius 3 is 2.74 bits per heavy atom. The first-order chi connectivity index (χ1) is 14.8. The molecular formula is C20H18F4N6O. The number of carbonyl (C=O) groups excluding carboxylic acids is 1. The molecule has 1 saturated carbocycles. The van der Waals surface area contributed by atoms with Gasteiger partial charge in [-0.15, -0.1) is 0 Å². The summed E-state index contributed by atoms with van der Waals surface area (Å²) in [5, 5.41) is 6.15. The van der Waals surface area contributed by atoms with E-state index in [9.17, 15) is 22.4 Å². The normalized spacial score (nSPS) is 20.3. The predicted molar refractivity (Wildman–Crippen MR) is 102 cm³/mol. The van der Waals surface area contributed by atoms with Gasteiger partial charge in [0.2, 0.25) is 0 Å². The van der Waals surface area contributed by atoms with Gasteiger partial charge in [-0.25, -0.2) is 13.9 Å². The van der Waals surface area contributed by atoms with Crippen LogP contribution in [-0.4, -0.2) is 43.7 Å². The molecule has 0 spiro atoms. The van der Waals surface area contributed by atoms with Crippen LogP contribution < -0.4 is 10.2 Å². The van der Waals surface area contributed by atoms with Crippen molar-refractivity contribution in [1.29, 1.82) is 0 Å². The Morgan fingerprint density at radius 2 is 2.03 bits per heavy atom. The van der Waals surface area contributed by atoms with E-state index in [2.05, 4.69) is 20.4 Å². The van der Waals surface area contributed by atoms with Crippen molar-refractivity contribution in [2.75, 3.05) is 11.4 Å². The first-order valence-electron chi connectivity index (χ1n) is 9.88. The van der Waals surface area contributed by atoms with Crippen molar-refractivity contribution in [2.45, 2.75) is 43.4 Å². The quantitative estimate of drug-likeness (QED) is 0.637. The van der Waals surface area contributed by atoms with E-state index < -0.39 is 23.4 Å². The average Bonchev–Trinajstić information content (AvgIpc) is 3.18. The molecule has 0 radical (unpaired) electrons. The van der Waals surface area contributed by atoms with E-state index in [1.54, 1.807) is 18.5 Å². The summed E-state index contributed by atoms with van der Waals surface area (Å²) in [4.78, 5) is 23.0. The number of aromatic nitrogens is 4. The molecule has 1 aliphatic heterocycles. The highest BCUT2D eigenvalue weighted by atomic mass is 19.4. The number of pyridine rings is 1. The van der Waals surface area contributed by atoms with Crippen LogP contribution in [0.3, 0.4) is 0 Å². The molecule has 1 atom stereocenters. The van der Waals surface area contributed by atoms with Gasteiger partial charge in [-0.3, -0.25) is 9.78 Å². The molecule has 1 aliphatic carbocycles. The van der Waals surface area contributed by atoms with Gasteiger partial charge in [0.1, 0.15) is 22.7 Å². The summed E-state index contributed by atoms with van der Waals surface area (Å²) in [7, 11) is 0. The third-order valence-electron chi connectivity index (χ3n) is 5.90. The zero-order valence-corrected chi connectivity index (χ0v) is 16.2. The summed E-state index contributed by atoms with van der Waals surface area (Å²) >= 11 is 0. The van der Waals surface area contributed by atoms with Crippen molar-refractivity contribution in [3.63, 3.8) is 0 Å². The van der Waals surface area contributed by atoms with E-state index in [0.29, 0.717) is 17.9 Å². The molecule has 4 heterocycles. The van der Waals surface area contributed by atoms with E-state index in [0.717, 1.165) is 19.0 Å². The summed E-state index contributed by atoms with van der Waals surface area (Å²) in [5.74, 6) is -0.756. The van der Waals surface area contributed by atoms with Crippen LogP contribution in [0.1, 0.15) is 47.6 Å². The Morgan fingerprint density at radius 1 is 1.23 bits per heavy atom. The highest BCUT2D eigenvalue weighted by Gasteiger charge is 2.64. The largest absolute Gasteiger partial charge is 0.411 e. The molecule has 2 fully saturated rings. The number of alkyl halides is 3. The number of rotatable bonds is 4. The van der Waals surface area contributed by atoms with Gasteiger partial charge in [-0.2, -0.15) is 18.3 Å². The first-order valence-corrected chi connectivity index (χ1v) is 9.88. The Labute approximate surface area is 174 Å². The van der Waals surface area contributed by atoms with Crippen LogP contribution in [0.25, 0.3) is 5.65 Å². The van der Waals surface area contributed by atoms with E-state index in [1.165, 1.54) is 16.8 Å². The maximum atomic E-state index is 13.7. The second-order valence-corrected chi connectivity index (χ2v) is 7.93. The zero-order chi connectivity index (χ0) is 21.8. The molecule has 3 aromatic heterocycles. The number of anilines is 1. The smallest absolute Gasteiger partial charge is 0.349 e. The molecule has 5 rings (SSSR count). The first kappa shape index (κ1) is 19.7. The van der Waals surface area contributed by atoms with Crippen LogP contribution in [0.4, 0.5) is 23.4 Å². The monoisotopic (exact) mass is 434 g/mol. The number of halogens is 4. The van der Waals surface area contributed by atoms with Crippen LogP contribution in [0.15, 0.2) is 36.9 Å². The summed E-state index contributed by atoms with van der Waals surface area (Å²) in [5.41, 5.74) is -1.32. The van der Waals surface area contributed by atoms with Crippen LogP contribution in [-0.2, 0) is 0 Å². The van der Waals surface area contributed by atoms with E-state index in [1.807, 2.05) is 4.90 Å². The number of nitrogens with one attached hydrogen (secondary N) is 1. The molecule has 2 aliphatic rings. The number of amides is 1. The molecule has 11 heteroatoms. The third kappa shape index (κ3) is 3.37. The van der Waals surface area contributed by atoms with Gasteiger partial charge in [0, 0.05) is 18.9 Å². The minimum atomic E-state index is -4.51. The van der Waals surface area contributed by atoms with Crippen molar-refractivity contribution in [1.82, 2.24) is 24.9 Å². The molecule has 1 amide bonds. The molecule has 7 nitrogen and oxygen atoms in total. The van der Waals surface area contributed by atoms with Gasteiger partial charge in [-0.05, 0) is 43.4 Å². The Hall–Kier alpha value is -3.24. The van der Waals surface area contributed by atoms with Gasteiger partial charge in [0.15, 0.2) is 5.65 Å². The van der Waals surface area contributed by atoms with Crippen molar-refractivity contribution in [3.8, 4) is 0 Å². The van der Waals surface area contributed by atoms with E-state index in [4.69, 9.17) is 0 Å². The second-order valence-electron chi connectivity index (χ2n) is 7.93. The molecular weight excluding hydrogens is 416 g/mol. The standard InChI is InChI=1S/C20H18F4N6O/c21-13-8-12(9-25-10-13)15-2-1-6-29(15)16-3-7-30-17(27-16)14(11-26-30)18(31)28-19(4-5-19)20(22,23)24/h3,7-11,15H,1-2,4-6H2,(H,28,31). The summed E-state index contributed by atoms with van der Waals surface area (Å²) in [6, 6.07) is 3.00. The van der Waals surface area contributed by atoms with Crippen molar-refractivity contribution >= 4 is 17.4 Å². The topological polar surface area (TPSA) is 75.4 Å². The molecule has 31 heavy (non-hydrogen) atoms. The number of hydrogen-bond acceptors (Lipinski definition) is 5. The van der Waals surface area contributed by atoms with Gasteiger partial charge < -0.3 is 10.2 Å². The molecule has 162 valence electrons. The van der Waals surface area contributed by atoms with Crippen molar-refractivity contribution in [3.05, 3.63) is 53.9 Å². The summed E-state index contributed by atoms with van der Waals surface area (Å²) in [6.45, 7) is 0.664. The second kappa shape index (κ2) is 6.89. The van der Waals surface area contributed by atoms with E-state index >= 15 is 0 Å². The lowest BCUT2D eigenvalue weighted by molar-refractivity contribution is -0.163. The highest BCUT2D eigenvalue weighted by molar-refractivity contribution is 6.00. The van der Waals surface area contributed by atoms with Crippen molar-refractivity contribution < 1.29 is 22.4 Å². The molecule has 0 aromatic carbocycles. The Kier molecular flexibility index (Phi) is 4.38. The lowest BCUT2D eigenvalue weighted by atomic mass is 10.1. The number of fused-ring (bicyclic) bond motifs is 1. The number of nitrogens with zero attached hydrogens (tertiary/aromatic N) is 5. The fraction of sp³-hybridized carbons (Fsp3) is 0.400. The lowest BCUT2D eigenvalue weighted by Gasteiger charge is -2.26. The highest BCUT2D eigenvalue weighted by Crippen LogP contribution is 2.49. The Balaban J connectivity index is 1.46. The van der Waals surface area contributed by atoms with Crippen LogP contribution in [0.2, 0.25) is 0 Å². The lowest BCUT2D eigenvalue weighted by Crippen LogP contribution is -2.47. The van der Waals surface area contributed by atoms with Crippen molar-refractivity contribution in [2.24, 2.45) is 0 Å². The number of hydrogen-bond donors (Lipinski definition) is 1.